The molecule has 0 saturated carbocycles. The molecule has 0 fully saturated rings. The lowest BCUT2D eigenvalue weighted by Gasteiger charge is -2.31. The second kappa shape index (κ2) is 5.40. The van der Waals surface area contributed by atoms with Crippen molar-refractivity contribution in [1.29, 1.82) is 0 Å². The third kappa shape index (κ3) is 3.09. The average Bonchev–Trinajstić information content (AvgIpc) is 2.80. The highest BCUT2D eigenvalue weighted by Gasteiger charge is 2.60. The highest BCUT2D eigenvalue weighted by molar-refractivity contribution is 5.46. The Bertz CT molecular complexity index is 496. The third-order valence-corrected chi connectivity index (χ3v) is 3.43. The molecule has 1 aromatic rings. The van der Waals surface area contributed by atoms with Crippen molar-refractivity contribution in [2.45, 2.75) is 24.8 Å². The Labute approximate surface area is 117 Å². The second-order valence-electron chi connectivity index (χ2n) is 4.76. The van der Waals surface area contributed by atoms with Crippen molar-refractivity contribution in [1.82, 2.24) is 5.32 Å². The molecule has 1 unspecified atom stereocenters. The molecule has 1 heterocycles. The van der Waals surface area contributed by atoms with Crippen molar-refractivity contribution in [3.8, 4) is 5.75 Å². The summed E-state index contributed by atoms with van der Waals surface area (Å²) in [6.07, 6.45) is -10.3. The van der Waals surface area contributed by atoms with E-state index in [1.54, 1.807) is 6.07 Å². The van der Waals surface area contributed by atoms with Crippen LogP contribution < -0.4 is 10.1 Å². The maximum absolute atomic E-state index is 12.9. The van der Waals surface area contributed by atoms with Crippen LogP contribution in [0.15, 0.2) is 18.2 Å². The summed E-state index contributed by atoms with van der Waals surface area (Å²) in [5.41, 5.74) is 0.503. The van der Waals surface area contributed by atoms with E-state index in [-0.39, 0.29) is 17.9 Å². The van der Waals surface area contributed by atoms with Crippen LogP contribution in [0.4, 0.5) is 26.3 Å². The number of hydrogen-bond acceptors (Lipinski definition) is 2. The summed E-state index contributed by atoms with van der Waals surface area (Å²) in [6.45, 7) is 0.255. The van der Waals surface area contributed by atoms with Crippen molar-refractivity contribution in [3.63, 3.8) is 0 Å². The van der Waals surface area contributed by atoms with Crippen LogP contribution in [0.3, 0.4) is 0 Å². The van der Waals surface area contributed by atoms with E-state index >= 15 is 0 Å². The monoisotopic (exact) mass is 313 g/mol. The Balaban J connectivity index is 2.50. The topological polar surface area (TPSA) is 21.3 Å². The van der Waals surface area contributed by atoms with Crippen LogP contribution in [0.25, 0.3) is 0 Å². The molecule has 0 radical (unpaired) electrons. The van der Waals surface area contributed by atoms with E-state index < -0.39 is 24.3 Å². The molecule has 0 aromatic heterocycles. The zero-order valence-electron chi connectivity index (χ0n) is 11.0. The molecular formula is C13H13F6NO. The molecular weight excluding hydrogens is 300 g/mol. The van der Waals surface area contributed by atoms with Crippen molar-refractivity contribution in [2.75, 3.05) is 13.7 Å². The molecule has 0 saturated heterocycles. The number of alkyl halides is 6. The minimum atomic E-state index is -5.41. The molecule has 1 N–H and O–H groups in total. The van der Waals surface area contributed by atoms with Crippen molar-refractivity contribution >= 4 is 0 Å². The molecule has 0 spiro atoms. The number of hydrogen-bond donors (Lipinski definition) is 1. The highest BCUT2D eigenvalue weighted by atomic mass is 19.4. The van der Waals surface area contributed by atoms with Gasteiger partial charge in [0.25, 0.3) is 0 Å². The molecule has 1 aliphatic heterocycles. The van der Waals surface area contributed by atoms with Crippen LogP contribution >= 0.6 is 0 Å². The van der Waals surface area contributed by atoms with E-state index in [2.05, 4.69) is 5.32 Å². The van der Waals surface area contributed by atoms with E-state index in [9.17, 15) is 26.3 Å². The fourth-order valence-electron chi connectivity index (χ4n) is 2.55. The molecule has 0 bridgehead atoms. The Kier molecular flexibility index (Phi) is 4.10. The predicted octanol–water partition coefficient (Wildman–Crippen LogP) is 3.62. The maximum atomic E-state index is 12.9. The van der Waals surface area contributed by atoms with Crippen molar-refractivity contribution in [2.24, 2.45) is 5.92 Å². The van der Waals surface area contributed by atoms with Crippen LogP contribution in [-0.4, -0.2) is 26.0 Å². The number of para-hydroxylation sites is 1. The molecule has 21 heavy (non-hydrogen) atoms. The van der Waals surface area contributed by atoms with Gasteiger partial charge in [-0.25, -0.2) is 0 Å². The van der Waals surface area contributed by atoms with Crippen molar-refractivity contribution in [3.05, 3.63) is 29.3 Å². The predicted molar refractivity (Wildman–Crippen MR) is 63.0 cm³/mol. The van der Waals surface area contributed by atoms with E-state index in [1.807, 2.05) is 0 Å². The van der Waals surface area contributed by atoms with E-state index in [4.69, 9.17) is 4.74 Å². The Morgan fingerprint density at radius 2 is 1.71 bits per heavy atom. The first-order valence-corrected chi connectivity index (χ1v) is 6.21. The molecule has 0 amide bonds. The van der Waals surface area contributed by atoms with Crippen molar-refractivity contribution < 1.29 is 31.1 Å². The summed E-state index contributed by atoms with van der Waals surface area (Å²) in [5.74, 6) is -3.37. The van der Waals surface area contributed by atoms with Gasteiger partial charge in [0.2, 0.25) is 0 Å². The molecule has 1 atom stereocenters. The fraction of sp³-hybridized carbons (Fsp3) is 0.538. The summed E-state index contributed by atoms with van der Waals surface area (Å²) in [6, 6.07) is 2.36. The Morgan fingerprint density at radius 3 is 2.24 bits per heavy atom. The molecule has 0 aliphatic carbocycles. The normalized spacial score (nSPS) is 16.8. The van der Waals surface area contributed by atoms with Gasteiger partial charge in [0.1, 0.15) is 5.75 Å². The van der Waals surface area contributed by atoms with Gasteiger partial charge in [0, 0.05) is 12.0 Å². The van der Waals surface area contributed by atoms with Gasteiger partial charge in [0.15, 0.2) is 5.92 Å². The van der Waals surface area contributed by atoms with Gasteiger partial charge >= 0.3 is 12.4 Å². The molecule has 8 heteroatoms. The zero-order valence-corrected chi connectivity index (χ0v) is 11.0. The lowest BCUT2D eigenvalue weighted by atomic mass is 9.90. The quantitative estimate of drug-likeness (QED) is 0.861. The van der Waals surface area contributed by atoms with E-state index in [0.717, 1.165) is 7.05 Å². The second-order valence-corrected chi connectivity index (χ2v) is 4.76. The van der Waals surface area contributed by atoms with Gasteiger partial charge in [-0.05, 0) is 12.6 Å². The van der Waals surface area contributed by atoms with Gasteiger partial charge in [-0.15, -0.1) is 0 Å². The lowest BCUT2D eigenvalue weighted by molar-refractivity contribution is -0.292. The van der Waals surface area contributed by atoms with Crippen LogP contribution in [-0.2, 0) is 6.42 Å². The van der Waals surface area contributed by atoms with Gasteiger partial charge in [0.05, 0.1) is 12.6 Å². The summed E-state index contributed by atoms with van der Waals surface area (Å²) < 4.78 is 82.6. The summed E-state index contributed by atoms with van der Waals surface area (Å²) in [5, 5.41) is 2.14. The summed E-state index contributed by atoms with van der Waals surface area (Å²) >= 11 is 0. The molecule has 118 valence electrons. The maximum Gasteiger partial charge on any atom is 0.402 e. The van der Waals surface area contributed by atoms with E-state index in [0.29, 0.717) is 12.0 Å². The lowest BCUT2D eigenvalue weighted by Crippen LogP contribution is -2.45. The molecule has 1 aromatic carbocycles. The van der Waals surface area contributed by atoms with Crippen LogP contribution in [0.2, 0.25) is 0 Å². The minimum absolute atomic E-state index is 0.118. The first-order valence-electron chi connectivity index (χ1n) is 6.21. The average molecular weight is 313 g/mol. The van der Waals surface area contributed by atoms with Gasteiger partial charge < -0.3 is 10.1 Å². The standard InChI is InChI=1S/C13H13F6NO/c1-20-9(11(12(14,15)16)13(17,18)19)8-4-2-3-7-5-6-21-10(7)8/h2-4,9,11,20H,5-6H2,1H3. The number of rotatable bonds is 3. The van der Waals surface area contributed by atoms with Crippen LogP contribution in [0, 0.1) is 5.92 Å². The van der Waals surface area contributed by atoms with Crippen LogP contribution in [0.1, 0.15) is 17.2 Å². The zero-order chi connectivity index (χ0) is 15.8. The minimum Gasteiger partial charge on any atom is -0.493 e. The van der Waals surface area contributed by atoms with Gasteiger partial charge in [-0.3, -0.25) is 0 Å². The summed E-state index contributed by atoms with van der Waals surface area (Å²) in [4.78, 5) is 0. The highest BCUT2D eigenvalue weighted by Crippen LogP contribution is 2.48. The largest absolute Gasteiger partial charge is 0.493 e. The Hall–Kier alpha value is -1.44. The number of ether oxygens (including phenoxy) is 1. The smallest absolute Gasteiger partial charge is 0.402 e. The van der Waals surface area contributed by atoms with E-state index in [1.165, 1.54) is 12.1 Å². The molecule has 2 rings (SSSR count). The fourth-order valence-corrected chi connectivity index (χ4v) is 2.55. The number of fused-ring (bicyclic) bond motifs is 1. The molecule has 2 nitrogen and oxygen atoms in total. The number of nitrogens with one attached hydrogen (secondary N) is 1. The van der Waals surface area contributed by atoms with Crippen LogP contribution in [0.5, 0.6) is 5.75 Å². The first kappa shape index (κ1) is 15.9. The third-order valence-electron chi connectivity index (χ3n) is 3.43. The molecule has 1 aliphatic rings. The first-order chi connectivity index (χ1) is 9.66. The SMILES string of the molecule is CNC(c1cccc2c1OCC2)C(C(F)(F)F)C(F)(F)F. The van der Waals surface area contributed by atoms with Gasteiger partial charge in [-0.2, -0.15) is 26.3 Å². The number of halogens is 6. The Morgan fingerprint density at radius 1 is 1.10 bits per heavy atom. The number of benzene rings is 1. The summed E-state index contributed by atoms with van der Waals surface area (Å²) in [7, 11) is 1.07. The van der Waals surface area contributed by atoms with Gasteiger partial charge in [-0.1, -0.05) is 18.2 Å².